The van der Waals surface area contributed by atoms with E-state index in [9.17, 15) is 0 Å². The van der Waals surface area contributed by atoms with Crippen molar-refractivity contribution in [3.63, 3.8) is 0 Å². The fourth-order valence-electron chi connectivity index (χ4n) is 10.5. The normalized spacial score (nSPS) is 12.3. The van der Waals surface area contributed by atoms with Crippen LogP contribution in [0.2, 0.25) is 0 Å². The molecule has 316 valence electrons. The Labute approximate surface area is 385 Å². The molecule has 3 heterocycles. The third-order valence-electron chi connectivity index (χ3n) is 13.3. The van der Waals surface area contributed by atoms with Gasteiger partial charge in [-0.1, -0.05) is 163 Å². The predicted molar refractivity (Wildman–Crippen MR) is 278 cm³/mol. The highest BCUT2D eigenvalue weighted by molar-refractivity contribution is 6.11. The lowest BCUT2D eigenvalue weighted by Crippen LogP contribution is -2.25. The van der Waals surface area contributed by atoms with E-state index in [0.717, 1.165) is 33.9 Å². The molecule has 0 radical (unpaired) electrons. The molecule has 0 amide bonds. The van der Waals surface area contributed by atoms with Gasteiger partial charge in [0.25, 0.3) is 0 Å². The van der Waals surface area contributed by atoms with Crippen LogP contribution < -0.4 is 14.7 Å². The van der Waals surface area contributed by atoms with E-state index in [1.165, 1.54) is 83.2 Å². The average Bonchev–Trinajstić information content (AvgIpc) is 3.92. The van der Waals surface area contributed by atoms with Gasteiger partial charge in [0.15, 0.2) is 0 Å². The maximum atomic E-state index is 4.86. The number of fused-ring (bicyclic) bond motifs is 6. The molecular formula is C61H47N5. The van der Waals surface area contributed by atoms with Crippen LogP contribution in [-0.4, -0.2) is 16.2 Å². The van der Waals surface area contributed by atoms with Crippen LogP contribution in [0.5, 0.6) is 0 Å². The monoisotopic (exact) mass is 849 g/mol. The van der Waals surface area contributed by atoms with Gasteiger partial charge in [-0.25, -0.2) is 4.98 Å². The van der Waals surface area contributed by atoms with E-state index in [4.69, 9.17) is 4.98 Å². The number of rotatable bonds is 8. The summed E-state index contributed by atoms with van der Waals surface area (Å²) >= 11 is 0. The molecule has 0 aliphatic carbocycles. The molecule has 0 saturated heterocycles. The molecule has 1 aliphatic rings. The third kappa shape index (κ3) is 6.50. The van der Waals surface area contributed by atoms with Gasteiger partial charge in [0, 0.05) is 50.5 Å². The maximum absolute atomic E-state index is 4.86. The number of benzene rings is 9. The van der Waals surface area contributed by atoms with Crippen molar-refractivity contribution >= 4 is 72.4 Å². The van der Waals surface area contributed by atoms with Gasteiger partial charge in [0.1, 0.15) is 12.5 Å². The minimum Gasteiger partial charge on any atom is -0.321 e. The van der Waals surface area contributed by atoms with Crippen LogP contribution in [0.3, 0.4) is 0 Å². The topological polar surface area (TPSA) is 27.5 Å². The maximum Gasteiger partial charge on any atom is 0.137 e. The molecule has 12 rings (SSSR count). The average molecular weight is 850 g/mol. The molecular weight excluding hydrogens is 803 g/mol. The number of hydrogen-bond donors (Lipinski definition) is 0. The number of hydrogen-bond acceptors (Lipinski definition) is 4. The summed E-state index contributed by atoms with van der Waals surface area (Å²) in [6.07, 6.45) is 1.87. The second kappa shape index (κ2) is 16.0. The second-order valence-electron chi connectivity index (χ2n) is 17.4. The molecule has 0 N–H and O–H groups in total. The number of aromatic nitrogens is 2. The zero-order valence-corrected chi connectivity index (χ0v) is 37.2. The molecule has 0 bridgehead atoms. The van der Waals surface area contributed by atoms with Crippen molar-refractivity contribution in [2.75, 3.05) is 21.4 Å². The Morgan fingerprint density at radius 3 is 1.82 bits per heavy atom. The van der Waals surface area contributed by atoms with Gasteiger partial charge in [0.05, 0.1) is 33.8 Å². The SMILES string of the molecule is Cc1cc(C)c(N(c2cccc(N3CN(c4c(-c5ccccc5)cccc4-c4ccccc4)c4c3ccc3ccccc43)c2)c2ccc3c4ccccc4n(-c4ccccn4)c3c2)c(C)c1. The van der Waals surface area contributed by atoms with Gasteiger partial charge in [-0.15, -0.1) is 0 Å². The Kier molecular flexibility index (Phi) is 9.50. The van der Waals surface area contributed by atoms with Crippen LogP contribution in [0.15, 0.2) is 219 Å². The van der Waals surface area contributed by atoms with Crippen molar-refractivity contribution in [3.05, 3.63) is 235 Å². The summed E-state index contributed by atoms with van der Waals surface area (Å²) in [5.41, 5.74) is 18.7. The molecule has 11 aromatic rings. The van der Waals surface area contributed by atoms with Gasteiger partial charge < -0.3 is 14.7 Å². The van der Waals surface area contributed by atoms with Crippen molar-refractivity contribution in [1.29, 1.82) is 0 Å². The highest BCUT2D eigenvalue weighted by Crippen LogP contribution is 2.53. The first kappa shape index (κ1) is 39.2. The van der Waals surface area contributed by atoms with E-state index >= 15 is 0 Å². The van der Waals surface area contributed by atoms with Crippen LogP contribution in [-0.2, 0) is 0 Å². The molecule has 0 spiro atoms. The molecule has 0 fully saturated rings. The Bertz CT molecular complexity index is 3530. The third-order valence-corrected chi connectivity index (χ3v) is 13.3. The number of para-hydroxylation sites is 2. The van der Waals surface area contributed by atoms with E-state index in [-0.39, 0.29) is 0 Å². The zero-order chi connectivity index (χ0) is 44.3. The molecule has 0 unspecified atom stereocenters. The summed E-state index contributed by atoms with van der Waals surface area (Å²) in [5, 5.41) is 4.83. The minimum absolute atomic E-state index is 0.620. The Morgan fingerprint density at radius 2 is 1.09 bits per heavy atom. The quantitative estimate of drug-likeness (QED) is 0.152. The van der Waals surface area contributed by atoms with Gasteiger partial charge in [-0.3, -0.25) is 4.57 Å². The summed E-state index contributed by atoms with van der Waals surface area (Å²) in [6, 6.07) is 77.2. The van der Waals surface area contributed by atoms with Crippen molar-refractivity contribution in [2.45, 2.75) is 20.8 Å². The molecule has 9 aromatic carbocycles. The molecule has 0 atom stereocenters. The van der Waals surface area contributed by atoms with Crippen molar-refractivity contribution < 1.29 is 0 Å². The van der Waals surface area contributed by atoms with Gasteiger partial charge in [-0.2, -0.15) is 0 Å². The predicted octanol–water partition coefficient (Wildman–Crippen LogP) is 16.3. The van der Waals surface area contributed by atoms with Crippen molar-refractivity contribution in [1.82, 2.24) is 9.55 Å². The summed E-state index contributed by atoms with van der Waals surface area (Å²) < 4.78 is 2.30. The fraction of sp³-hybridized carbons (Fsp3) is 0.0656. The largest absolute Gasteiger partial charge is 0.321 e. The first-order valence-electron chi connectivity index (χ1n) is 22.7. The molecule has 5 heteroatoms. The van der Waals surface area contributed by atoms with Gasteiger partial charge in [-0.05, 0) is 103 Å². The standard InChI is InChI=1S/C61H47N5/c1-41-36-42(2)59(43(3)37-41)65(49-32-33-54-53-26-12-13-29-55(53)66(57(54)39-49)58-30-14-15-35-62-58)48-24-16-23-47(38-48)63-40-64(61-52-25-11-10-22-46(52)31-34-56(61)63)60-50(44-18-6-4-7-19-44)27-17-28-51(60)45-20-8-5-9-21-45/h4-39H,40H2,1-3H3. The first-order valence-corrected chi connectivity index (χ1v) is 22.7. The Morgan fingerprint density at radius 1 is 0.455 bits per heavy atom. The lowest BCUT2D eigenvalue weighted by molar-refractivity contribution is 0.993. The lowest BCUT2D eigenvalue weighted by atomic mass is 9.94. The van der Waals surface area contributed by atoms with Gasteiger partial charge in [0.2, 0.25) is 0 Å². The molecule has 2 aromatic heterocycles. The number of nitrogens with zero attached hydrogens (tertiary/aromatic N) is 5. The summed E-state index contributed by atoms with van der Waals surface area (Å²) in [6.45, 7) is 7.29. The Balaban J connectivity index is 1.06. The van der Waals surface area contributed by atoms with Gasteiger partial charge >= 0.3 is 0 Å². The molecule has 5 nitrogen and oxygen atoms in total. The van der Waals surface area contributed by atoms with Crippen molar-refractivity contribution in [2.24, 2.45) is 0 Å². The number of pyridine rings is 1. The van der Waals surface area contributed by atoms with E-state index in [1.54, 1.807) is 0 Å². The summed E-state index contributed by atoms with van der Waals surface area (Å²) in [4.78, 5) is 12.4. The van der Waals surface area contributed by atoms with Crippen LogP contribution >= 0.6 is 0 Å². The summed E-state index contributed by atoms with van der Waals surface area (Å²) in [5.74, 6) is 0.895. The second-order valence-corrected chi connectivity index (χ2v) is 17.4. The van der Waals surface area contributed by atoms with E-state index in [2.05, 4.69) is 246 Å². The zero-order valence-electron chi connectivity index (χ0n) is 37.2. The number of aryl methyl sites for hydroxylation is 3. The fourth-order valence-corrected chi connectivity index (χ4v) is 10.5. The van der Waals surface area contributed by atoms with E-state index < -0.39 is 0 Å². The van der Waals surface area contributed by atoms with Crippen LogP contribution in [0.4, 0.5) is 39.8 Å². The smallest absolute Gasteiger partial charge is 0.137 e. The summed E-state index contributed by atoms with van der Waals surface area (Å²) in [7, 11) is 0. The van der Waals surface area contributed by atoms with E-state index in [0.29, 0.717) is 6.67 Å². The lowest BCUT2D eigenvalue weighted by Gasteiger charge is -2.31. The molecule has 66 heavy (non-hydrogen) atoms. The minimum atomic E-state index is 0.620. The van der Waals surface area contributed by atoms with Crippen LogP contribution in [0, 0.1) is 20.8 Å². The highest BCUT2D eigenvalue weighted by atomic mass is 15.4. The van der Waals surface area contributed by atoms with Crippen LogP contribution in [0.25, 0.3) is 60.6 Å². The Hall–Kier alpha value is -8.41. The number of anilines is 7. The highest BCUT2D eigenvalue weighted by Gasteiger charge is 2.33. The van der Waals surface area contributed by atoms with Crippen LogP contribution in [0.1, 0.15) is 16.7 Å². The van der Waals surface area contributed by atoms with Crippen molar-refractivity contribution in [3.8, 4) is 28.1 Å². The first-order chi connectivity index (χ1) is 32.5. The van der Waals surface area contributed by atoms with E-state index in [1.807, 2.05) is 12.3 Å². The molecule has 0 saturated carbocycles. The molecule has 1 aliphatic heterocycles.